The average molecular weight is 389 g/mol. The predicted octanol–water partition coefficient (Wildman–Crippen LogP) is 2.87. The molecule has 0 saturated carbocycles. The van der Waals surface area contributed by atoms with Crippen LogP contribution in [0.15, 0.2) is 29.3 Å². The molecule has 0 amide bonds. The topological polar surface area (TPSA) is 63.3 Å². The highest BCUT2D eigenvalue weighted by molar-refractivity contribution is 5.78. The first-order valence-electron chi connectivity index (χ1n) is 10.8. The molecule has 0 bridgehead atoms. The van der Waals surface area contributed by atoms with Crippen LogP contribution in [-0.2, 0) is 11.3 Å². The number of likely N-dealkylation sites (tertiary alicyclic amines) is 1. The molecule has 6 heteroatoms. The van der Waals surface area contributed by atoms with E-state index in [4.69, 9.17) is 15.2 Å². The van der Waals surface area contributed by atoms with Gasteiger partial charge in [0.25, 0.3) is 0 Å². The van der Waals surface area contributed by atoms with E-state index in [-0.39, 0.29) is 0 Å². The molecule has 1 aromatic carbocycles. The molecular formula is C22H36N4O2. The van der Waals surface area contributed by atoms with E-state index in [2.05, 4.69) is 34.0 Å². The lowest BCUT2D eigenvalue weighted by atomic mass is 10.1. The lowest BCUT2D eigenvalue weighted by Gasteiger charge is -2.31. The van der Waals surface area contributed by atoms with E-state index in [0.29, 0.717) is 25.2 Å². The van der Waals surface area contributed by atoms with Crippen LogP contribution in [-0.4, -0.2) is 68.3 Å². The van der Waals surface area contributed by atoms with Crippen molar-refractivity contribution in [2.45, 2.75) is 51.1 Å². The van der Waals surface area contributed by atoms with Crippen LogP contribution in [0.5, 0.6) is 5.75 Å². The van der Waals surface area contributed by atoms with Crippen LogP contribution in [0.4, 0.5) is 0 Å². The van der Waals surface area contributed by atoms with Gasteiger partial charge in [0.2, 0.25) is 0 Å². The van der Waals surface area contributed by atoms with Crippen molar-refractivity contribution in [3.8, 4) is 5.75 Å². The second-order valence-corrected chi connectivity index (χ2v) is 7.90. The molecule has 0 spiro atoms. The third kappa shape index (κ3) is 6.67. The molecule has 2 saturated heterocycles. The van der Waals surface area contributed by atoms with Gasteiger partial charge in [-0.2, -0.15) is 0 Å². The maximum Gasteiger partial charge on any atom is 0.191 e. The summed E-state index contributed by atoms with van der Waals surface area (Å²) in [6.45, 7) is 6.02. The first-order valence-corrected chi connectivity index (χ1v) is 10.8. The number of nitrogens with two attached hydrogens (primary N) is 1. The predicted molar refractivity (Wildman–Crippen MR) is 114 cm³/mol. The number of benzene rings is 1. The molecule has 3 rings (SSSR count). The maximum atomic E-state index is 6.22. The zero-order chi connectivity index (χ0) is 19.6. The standard InChI is InChI=1S/C22H36N4O2/c1-25(20-9-14-27-15-10-20)13-16-28-21-8-6-7-19(17-21)18-24-22(23)26-11-4-2-3-5-12-26/h6-8,17,20H,2-5,9-16,18H2,1H3,(H2,23,24). The van der Waals surface area contributed by atoms with Crippen molar-refractivity contribution in [2.24, 2.45) is 10.7 Å². The van der Waals surface area contributed by atoms with Gasteiger partial charge >= 0.3 is 0 Å². The van der Waals surface area contributed by atoms with Gasteiger partial charge in [-0.15, -0.1) is 0 Å². The number of nitrogens with zero attached hydrogens (tertiary/aromatic N) is 3. The smallest absolute Gasteiger partial charge is 0.191 e. The highest BCUT2D eigenvalue weighted by Crippen LogP contribution is 2.16. The molecule has 2 fully saturated rings. The second kappa shape index (κ2) is 11.3. The van der Waals surface area contributed by atoms with E-state index in [1.807, 2.05) is 12.1 Å². The fourth-order valence-corrected chi connectivity index (χ4v) is 3.92. The summed E-state index contributed by atoms with van der Waals surface area (Å²) in [6.07, 6.45) is 7.24. The van der Waals surface area contributed by atoms with Crippen molar-refractivity contribution >= 4 is 5.96 Å². The van der Waals surface area contributed by atoms with Crippen LogP contribution in [0.1, 0.15) is 44.1 Å². The molecule has 156 valence electrons. The number of hydrogen-bond acceptors (Lipinski definition) is 4. The van der Waals surface area contributed by atoms with Gasteiger partial charge in [0, 0.05) is 38.9 Å². The number of guanidine groups is 1. The van der Waals surface area contributed by atoms with Crippen LogP contribution in [0.25, 0.3) is 0 Å². The molecule has 0 aromatic heterocycles. The summed E-state index contributed by atoms with van der Waals surface area (Å²) in [5, 5.41) is 0. The lowest BCUT2D eigenvalue weighted by Crippen LogP contribution is -2.38. The van der Waals surface area contributed by atoms with Gasteiger partial charge in [-0.25, -0.2) is 4.99 Å². The zero-order valence-electron chi connectivity index (χ0n) is 17.3. The summed E-state index contributed by atoms with van der Waals surface area (Å²) in [4.78, 5) is 9.22. The van der Waals surface area contributed by atoms with Crippen molar-refractivity contribution in [1.29, 1.82) is 0 Å². The van der Waals surface area contributed by atoms with E-state index < -0.39 is 0 Å². The molecule has 28 heavy (non-hydrogen) atoms. The normalized spacial score (nSPS) is 19.6. The molecule has 2 N–H and O–H groups in total. The largest absolute Gasteiger partial charge is 0.492 e. The Labute approximate surface area is 169 Å². The summed E-state index contributed by atoms with van der Waals surface area (Å²) >= 11 is 0. The van der Waals surface area contributed by atoms with E-state index in [0.717, 1.165) is 57.0 Å². The Morgan fingerprint density at radius 1 is 1.21 bits per heavy atom. The van der Waals surface area contributed by atoms with Crippen molar-refractivity contribution in [3.63, 3.8) is 0 Å². The summed E-state index contributed by atoms with van der Waals surface area (Å²) < 4.78 is 11.4. The quantitative estimate of drug-likeness (QED) is 0.575. The minimum Gasteiger partial charge on any atom is -0.492 e. The summed E-state index contributed by atoms with van der Waals surface area (Å²) in [5.41, 5.74) is 7.35. The number of rotatable bonds is 7. The van der Waals surface area contributed by atoms with Gasteiger partial charge in [-0.1, -0.05) is 25.0 Å². The minimum absolute atomic E-state index is 0.599. The minimum atomic E-state index is 0.599. The van der Waals surface area contributed by atoms with Crippen LogP contribution in [0.3, 0.4) is 0 Å². The number of ether oxygens (including phenoxy) is 2. The fraction of sp³-hybridized carbons (Fsp3) is 0.682. The first-order chi connectivity index (χ1) is 13.7. The monoisotopic (exact) mass is 388 g/mol. The highest BCUT2D eigenvalue weighted by Gasteiger charge is 2.18. The average Bonchev–Trinajstić information content (AvgIpc) is 3.02. The van der Waals surface area contributed by atoms with Crippen LogP contribution < -0.4 is 10.5 Å². The Hall–Kier alpha value is -1.79. The molecule has 0 radical (unpaired) electrons. The maximum absolute atomic E-state index is 6.22. The Morgan fingerprint density at radius 2 is 1.96 bits per heavy atom. The van der Waals surface area contributed by atoms with E-state index in [9.17, 15) is 0 Å². The Bertz CT molecular complexity index is 608. The highest BCUT2D eigenvalue weighted by atomic mass is 16.5. The van der Waals surface area contributed by atoms with Gasteiger partial charge in [-0.3, -0.25) is 4.90 Å². The van der Waals surface area contributed by atoms with Crippen molar-refractivity contribution < 1.29 is 9.47 Å². The van der Waals surface area contributed by atoms with Gasteiger partial charge in [0.05, 0.1) is 6.54 Å². The van der Waals surface area contributed by atoms with Crippen LogP contribution >= 0.6 is 0 Å². The van der Waals surface area contributed by atoms with E-state index in [1.54, 1.807) is 0 Å². The van der Waals surface area contributed by atoms with E-state index in [1.165, 1.54) is 25.7 Å². The summed E-state index contributed by atoms with van der Waals surface area (Å²) in [7, 11) is 2.18. The van der Waals surface area contributed by atoms with E-state index >= 15 is 0 Å². The SMILES string of the molecule is CN(CCOc1cccc(CN=C(N)N2CCCCCC2)c1)C1CCOCC1. The third-order valence-electron chi connectivity index (χ3n) is 5.78. The summed E-state index contributed by atoms with van der Waals surface area (Å²) in [6, 6.07) is 8.82. The molecule has 6 nitrogen and oxygen atoms in total. The number of aliphatic imine (C=N–C) groups is 1. The molecule has 2 aliphatic rings. The molecular weight excluding hydrogens is 352 g/mol. The molecule has 2 heterocycles. The second-order valence-electron chi connectivity index (χ2n) is 7.90. The number of likely N-dealkylation sites (N-methyl/N-ethyl adjacent to an activating group) is 1. The molecule has 0 unspecified atom stereocenters. The first kappa shape index (κ1) is 20.9. The molecule has 2 aliphatic heterocycles. The van der Waals surface area contributed by atoms with Crippen LogP contribution in [0, 0.1) is 0 Å². The van der Waals surface area contributed by atoms with Crippen molar-refractivity contribution in [3.05, 3.63) is 29.8 Å². The Kier molecular flexibility index (Phi) is 8.42. The summed E-state index contributed by atoms with van der Waals surface area (Å²) in [5.74, 6) is 1.58. The zero-order valence-corrected chi connectivity index (χ0v) is 17.3. The lowest BCUT2D eigenvalue weighted by molar-refractivity contribution is 0.0392. The van der Waals surface area contributed by atoms with Gasteiger partial charge in [-0.05, 0) is 50.4 Å². The van der Waals surface area contributed by atoms with Gasteiger partial charge < -0.3 is 20.1 Å². The Balaban J connectivity index is 1.44. The van der Waals surface area contributed by atoms with Crippen molar-refractivity contribution in [1.82, 2.24) is 9.80 Å². The van der Waals surface area contributed by atoms with Crippen LogP contribution in [0.2, 0.25) is 0 Å². The third-order valence-corrected chi connectivity index (χ3v) is 5.78. The Morgan fingerprint density at radius 3 is 2.71 bits per heavy atom. The number of hydrogen-bond donors (Lipinski definition) is 1. The fourth-order valence-electron chi connectivity index (χ4n) is 3.92. The van der Waals surface area contributed by atoms with Crippen molar-refractivity contribution in [2.75, 3.05) is 46.5 Å². The molecule has 0 aliphatic carbocycles. The van der Waals surface area contributed by atoms with Gasteiger partial charge in [0.1, 0.15) is 12.4 Å². The molecule has 1 aromatic rings. The van der Waals surface area contributed by atoms with Gasteiger partial charge in [0.15, 0.2) is 5.96 Å². The molecule has 0 atom stereocenters.